The normalized spacial score (nSPS) is 14.4. The number of anilines is 1. The Kier molecular flexibility index (Phi) is 1.53. The average molecular weight is 169 g/mol. The fourth-order valence-corrected chi connectivity index (χ4v) is 1.08. The molecule has 1 aromatic carbocycles. The van der Waals surface area contributed by atoms with Crippen LogP contribution in [0.15, 0.2) is 12.1 Å². The first-order valence-corrected chi connectivity index (χ1v) is 3.62. The van der Waals surface area contributed by atoms with Gasteiger partial charge in [-0.05, 0) is 0 Å². The van der Waals surface area contributed by atoms with Crippen molar-refractivity contribution >= 4 is 5.69 Å². The van der Waals surface area contributed by atoms with E-state index in [0.717, 1.165) is 0 Å². The van der Waals surface area contributed by atoms with Crippen LogP contribution >= 0.6 is 0 Å². The van der Waals surface area contributed by atoms with Gasteiger partial charge in [-0.15, -0.1) is 0 Å². The summed E-state index contributed by atoms with van der Waals surface area (Å²) in [5, 5.41) is 0. The molecule has 1 aliphatic rings. The minimum Gasteiger partial charge on any atom is -0.486 e. The number of nitrogens with two attached hydrogens (primary N) is 1. The summed E-state index contributed by atoms with van der Waals surface area (Å²) in [5.41, 5.74) is 5.42. The quantitative estimate of drug-likeness (QED) is 0.593. The summed E-state index contributed by atoms with van der Waals surface area (Å²) < 4.78 is 23.2. The maximum atomic E-state index is 12.8. The minimum absolute atomic E-state index is 0.0826. The standard InChI is InChI=1S/C8H8FNO2/c9-5-3-7-8(4-6(5)10)12-2-1-11-7/h3-4H,1-2,10H2. The van der Waals surface area contributed by atoms with E-state index < -0.39 is 5.82 Å². The number of nitrogen functional groups attached to an aromatic ring is 1. The molecular formula is C8H8FNO2. The smallest absolute Gasteiger partial charge is 0.164 e. The second-order valence-electron chi connectivity index (χ2n) is 2.52. The summed E-state index contributed by atoms with van der Waals surface area (Å²) in [5.74, 6) is 0.465. The first-order chi connectivity index (χ1) is 5.77. The molecule has 0 aliphatic carbocycles. The van der Waals surface area contributed by atoms with Gasteiger partial charge < -0.3 is 15.2 Å². The van der Waals surface area contributed by atoms with Crippen LogP contribution in [0.3, 0.4) is 0 Å². The van der Waals surface area contributed by atoms with Crippen LogP contribution in [0.25, 0.3) is 0 Å². The second-order valence-corrected chi connectivity index (χ2v) is 2.52. The van der Waals surface area contributed by atoms with Crippen LogP contribution in [-0.2, 0) is 0 Å². The Morgan fingerprint density at radius 2 is 1.75 bits per heavy atom. The van der Waals surface area contributed by atoms with Crippen LogP contribution in [0.4, 0.5) is 10.1 Å². The Morgan fingerprint density at radius 1 is 1.17 bits per heavy atom. The highest BCUT2D eigenvalue weighted by atomic mass is 19.1. The molecule has 0 radical (unpaired) electrons. The van der Waals surface area contributed by atoms with E-state index in [2.05, 4.69) is 0 Å². The highest BCUT2D eigenvalue weighted by Crippen LogP contribution is 2.33. The molecule has 0 aromatic heterocycles. The van der Waals surface area contributed by atoms with Crippen molar-refractivity contribution in [2.24, 2.45) is 0 Å². The Labute approximate surface area is 68.9 Å². The van der Waals surface area contributed by atoms with E-state index in [9.17, 15) is 4.39 Å². The van der Waals surface area contributed by atoms with Gasteiger partial charge in [-0.25, -0.2) is 4.39 Å². The van der Waals surface area contributed by atoms with Gasteiger partial charge in [0.1, 0.15) is 19.0 Å². The molecule has 1 aliphatic heterocycles. The molecule has 2 rings (SSSR count). The van der Waals surface area contributed by atoms with Crippen molar-refractivity contribution in [2.45, 2.75) is 0 Å². The van der Waals surface area contributed by atoms with Gasteiger partial charge in [0.05, 0.1) is 5.69 Å². The summed E-state index contributed by atoms with van der Waals surface area (Å²) in [6, 6.07) is 2.67. The predicted molar refractivity (Wildman–Crippen MR) is 41.8 cm³/mol. The molecule has 1 heterocycles. The fourth-order valence-electron chi connectivity index (χ4n) is 1.08. The number of rotatable bonds is 0. The summed E-state index contributed by atoms with van der Waals surface area (Å²) in [6.07, 6.45) is 0. The summed E-state index contributed by atoms with van der Waals surface area (Å²) in [6.45, 7) is 0.939. The molecule has 2 N–H and O–H groups in total. The Bertz CT molecular complexity index is 283. The van der Waals surface area contributed by atoms with Gasteiger partial charge in [-0.2, -0.15) is 0 Å². The molecule has 0 unspecified atom stereocenters. The number of hydrogen-bond acceptors (Lipinski definition) is 3. The van der Waals surface area contributed by atoms with E-state index >= 15 is 0 Å². The lowest BCUT2D eigenvalue weighted by atomic mass is 10.2. The second kappa shape index (κ2) is 2.55. The number of benzene rings is 1. The van der Waals surface area contributed by atoms with Gasteiger partial charge in [-0.1, -0.05) is 0 Å². The van der Waals surface area contributed by atoms with E-state index in [0.29, 0.717) is 24.7 Å². The SMILES string of the molecule is Nc1cc2c(cc1F)OCCO2. The number of fused-ring (bicyclic) bond motifs is 1. The van der Waals surface area contributed by atoms with Crippen molar-refractivity contribution in [1.82, 2.24) is 0 Å². The van der Waals surface area contributed by atoms with Crippen LogP contribution in [0.5, 0.6) is 11.5 Å². The molecule has 3 nitrogen and oxygen atoms in total. The summed E-state index contributed by atoms with van der Waals surface area (Å²) >= 11 is 0. The monoisotopic (exact) mass is 169 g/mol. The molecule has 0 amide bonds. The molecule has 4 heteroatoms. The molecule has 0 saturated heterocycles. The van der Waals surface area contributed by atoms with Crippen molar-refractivity contribution in [3.05, 3.63) is 17.9 Å². The van der Waals surface area contributed by atoms with Crippen LogP contribution in [0, 0.1) is 5.82 Å². The lowest BCUT2D eigenvalue weighted by Gasteiger charge is -2.18. The fraction of sp³-hybridized carbons (Fsp3) is 0.250. The third kappa shape index (κ3) is 1.05. The topological polar surface area (TPSA) is 44.5 Å². The van der Waals surface area contributed by atoms with Crippen LogP contribution in [0.2, 0.25) is 0 Å². The van der Waals surface area contributed by atoms with Gasteiger partial charge in [0.25, 0.3) is 0 Å². The van der Waals surface area contributed by atoms with Crippen molar-refractivity contribution in [3.8, 4) is 11.5 Å². The Balaban J connectivity index is 2.49. The van der Waals surface area contributed by atoms with Gasteiger partial charge in [0.2, 0.25) is 0 Å². The number of hydrogen-bond donors (Lipinski definition) is 1. The van der Waals surface area contributed by atoms with Crippen molar-refractivity contribution < 1.29 is 13.9 Å². The number of halogens is 1. The first kappa shape index (κ1) is 7.21. The summed E-state index contributed by atoms with van der Waals surface area (Å²) in [4.78, 5) is 0. The first-order valence-electron chi connectivity index (χ1n) is 3.62. The average Bonchev–Trinajstić information content (AvgIpc) is 2.07. The maximum absolute atomic E-state index is 12.8. The lowest BCUT2D eigenvalue weighted by Crippen LogP contribution is -2.15. The van der Waals surface area contributed by atoms with Gasteiger partial charge in [0.15, 0.2) is 11.5 Å². The van der Waals surface area contributed by atoms with E-state index in [1.807, 2.05) is 0 Å². The highest BCUT2D eigenvalue weighted by Gasteiger charge is 2.13. The van der Waals surface area contributed by atoms with Crippen LogP contribution in [0.1, 0.15) is 0 Å². The third-order valence-corrected chi connectivity index (χ3v) is 1.66. The zero-order valence-electron chi connectivity index (χ0n) is 6.34. The molecule has 0 spiro atoms. The van der Waals surface area contributed by atoms with Crippen molar-refractivity contribution in [2.75, 3.05) is 18.9 Å². The van der Waals surface area contributed by atoms with Gasteiger partial charge in [-0.3, -0.25) is 0 Å². The largest absolute Gasteiger partial charge is 0.486 e. The van der Waals surface area contributed by atoms with Crippen LogP contribution in [-0.4, -0.2) is 13.2 Å². The lowest BCUT2D eigenvalue weighted by molar-refractivity contribution is 0.171. The Hall–Kier alpha value is -1.45. The van der Waals surface area contributed by atoms with E-state index in [1.54, 1.807) is 0 Å². The highest BCUT2D eigenvalue weighted by molar-refractivity contribution is 5.53. The summed E-state index contributed by atoms with van der Waals surface area (Å²) in [7, 11) is 0. The molecule has 0 bridgehead atoms. The van der Waals surface area contributed by atoms with Gasteiger partial charge >= 0.3 is 0 Å². The molecule has 64 valence electrons. The van der Waals surface area contributed by atoms with Crippen molar-refractivity contribution in [3.63, 3.8) is 0 Å². The molecular weight excluding hydrogens is 161 g/mol. The molecule has 0 atom stereocenters. The third-order valence-electron chi connectivity index (χ3n) is 1.66. The van der Waals surface area contributed by atoms with Crippen molar-refractivity contribution in [1.29, 1.82) is 0 Å². The predicted octanol–water partition coefficient (Wildman–Crippen LogP) is 1.18. The maximum Gasteiger partial charge on any atom is 0.164 e. The molecule has 12 heavy (non-hydrogen) atoms. The zero-order chi connectivity index (χ0) is 8.55. The molecule has 0 fully saturated rings. The van der Waals surface area contributed by atoms with E-state index in [4.69, 9.17) is 15.2 Å². The minimum atomic E-state index is -0.473. The van der Waals surface area contributed by atoms with Crippen LogP contribution < -0.4 is 15.2 Å². The zero-order valence-corrected chi connectivity index (χ0v) is 6.34. The Morgan fingerprint density at radius 3 is 2.42 bits per heavy atom. The van der Waals surface area contributed by atoms with E-state index in [1.165, 1.54) is 12.1 Å². The molecule has 1 aromatic rings. The van der Waals surface area contributed by atoms with Gasteiger partial charge in [0, 0.05) is 12.1 Å². The molecule has 0 saturated carbocycles. The van der Waals surface area contributed by atoms with E-state index in [-0.39, 0.29) is 5.69 Å². The number of ether oxygens (including phenoxy) is 2.